The van der Waals surface area contributed by atoms with Gasteiger partial charge in [0.25, 0.3) is 0 Å². The lowest BCUT2D eigenvalue weighted by Gasteiger charge is -2.21. The van der Waals surface area contributed by atoms with Crippen molar-refractivity contribution in [1.82, 2.24) is 15.3 Å². The van der Waals surface area contributed by atoms with Gasteiger partial charge in [-0.05, 0) is 27.2 Å². The van der Waals surface area contributed by atoms with Crippen molar-refractivity contribution in [2.75, 3.05) is 12.4 Å². The average molecular weight is 236 g/mol. The van der Waals surface area contributed by atoms with Crippen molar-refractivity contribution in [3.63, 3.8) is 0 Å². The standard InChI is InChI=1S/C13H24N4/c1-6-7-11-10(9-16-13(2,3)4)8-15-12(14-5)17-11/h8,16H,6-7,9H2,1-5H3,(H,14,15,17). The normalized spacial score (nSPS) is 11.6. The van der Waals surface area contributed by atoms with Crippen LogP contribution in [0.3, 0.4) is 0 Å². The number of aryl methyl sites for hydroxylation is 1. The van der Waals surface area contributed by atoms with E-state index >= 15 is 0 Å². The second kappa shape index (κ2) is 5.96. The third-order valence-electron chi connectivity index (χ3n) is 2.47. The van der Waals surface area contributed by atoms with Crippen LogP contribution >= 0.6 is 0 Å². The monoisotopic (exact) mass is 236 g/mol. The number of nitrogens with zero attached hydrogens (tertiary/aromatic N) is 2. The Balaban J connectivity index is 2.82. The van der Waals surface area contributed by atoms with E-state index in [1.165, 1.54) is 5.56 Å². The van der Waals surface area contributed by atoms with Crippen molar-refractivity contribution in [1.29, 1.82) is 0 Å². The highest BCUT2D eigenvalue weighted by atomic mass is 15.1. The molecule has 0 amide bonds. The van der Waals surface area contributed by atoms with Crippen LogP contribution < -0.4 is 10.6 Å². The molecule has 0 atom stereocenters. The van der Waals surface area contributed by atoms with Gasteiger partial charge in [0.05, 0.1) is 5.69 Å². The van der Waals surface area contributed by atoms with Gasteiger partial charge >= 0.3 is 0 Å². The molecule has 0 radical (unpaired) electrons. The molecular weight excluding hydrogens is 212 g/mol. The van der Waals surface area contributed by atoms with Gasteiger partial charge in [-0.2, -0.15) is 0 Å². The molecule has 1 aromatic heterocycles. The van der Waals surface area contributed by atoms with Gasteiger partial charge in [0.2, 0.25) is 5.95 Å². The SMILES string of the molecule is CCCc1nc(NC)ncc1CNC(C)(C)C. The fourth-order valence-electron chi connectivity index (χ4n) is 1.52. The van der Waals surface area contributed by atoms with Crippen molar-refractivity contribution in [3.05, 3.63) is 17.5 Å². The van der Waals surface area contributed by atoms with Crippen molar-refractivity contribution in [2.45, 2.75) is 52.6 Å². The van der Waals surface area contributed by atoms with Gasteiger partial charge in [0, 0.05) is 30.9 Å². The Morgan fingerprint density at radius 1 is 1.29 bits per heavy atom. The third kappa shape index (κ3) is 4.69. The van der Waals surface area contributed by atoms with Crippen LogP contribution in [0.1, 0.15) is 45.4 Å². The summed E-state index contributed by atoms with van der Waals surface area (Å²) in [5.74, 6) is 0.702. The summed E-state index contributed by atoms with van der Waals surface area (Å²) in [6, 6.07) is 0. The Hall–Kier alpha value is -1.16. The summed E-state index contributed by atoms with van der Waals surface area (Å²) in [4.78, 5) is 8.80. The molecule has 0 saturated heterocycles. The number of nitrogens with one attached hydrogen (secondary N) is 2. The first-order valence-corrected chi connectivity index (χ1v) is 6.24. The van der Waals surface area contributed by atoms with E-state index in [-0.39, 0.29) is 5.54 Å². The largest absolute Gasteiger partial charge is 0.357 e. The van der Waals surface area contributed by atoms with Gasteiger partial charge in [-0.3, -0.25) is 0 Å². The summed E-state index contributed by atoms with van der Waals surface area (Å²) in [6.45, 7) is 9.48. The average Bonchev–Trinajstić information content (AvgIpc) is 2.26. The second-order valence-electron chi connectivity index (χ2n) is 5.27. The number of hydrogen-bond donors (Lipinski definition) is 2. The Morgan fingerprint density at radius 2 is 2.00 bits per heavy atom. The first kappa shape index (κ1) is 13.9. The van der Waals surface area contributed by atoms with Crippen molar-refractivity contribution in [3.8, 4) is 0 Å². The van der Waals surface area contributed by atoms with Crippen LogP contribution in [0.5, 0.6) is 0 Å². The van der Waals surface area contributed by atoms with E-state index in [1.54, 1.807) is 0 Å². The summed E-state index contributed by atoms with van der Waals surface area (Å²) >= 11 is 0. The molecule has 4 heteroatoms. The first-order valence-electron chi connectivity index (χ1n) is 6.24. The number of aromatic nitrogens is 2. The molecule has 0 unspecified atom stereocenters. The van der Waals surface area contributed by atoms with E-state index in [2.05, 4.69) is 48.3 Å². The molecule has 0 aliphatic heterocycles. The number of rotatable bonds is 5. The second-order valence-corrected chi connectivity index (χ2v) is 5.27. The zero-order valence-corrected chi connectivity index (χ0v) is 11.6. The smallest absolute Gasteiger partial charge is 0.222 e. The van der Waals surface area contributed by atoms with Crippen molar-refractivity contribution in [2.24, 2.45) is 0 Å². The Bertz CT molecular complexity index is 355. The Kier molecular flexibility index (Phi) is 4.87. The third-order valence-corrected chi connectivity index (χ3v) is 2.47. The molecule has 17 heavy (non-hydrogen) atoms. The molecule has 0 aliphatic carbocycles. The minimum absolute atomic E-state index is 0.116. The summed E-state index contributed by atoms with van der Waals surface area (Å²) in [7, 11) is 1.85. The van der Waals surface area contributed by atoms with E-state index in [0.29, 0.717) is 5.95 Å². The van der Waals surface area contributed by atoms with Crippen LogP contribution in [-0.4, -0.2) is 22.6 Å². The first-order chi connectivity index (χ1) is 7.96. The molecule has 0 saturated carbocycles. The van der Waals surface area contributed by atoms with Crippen LogP contribution in [-0.2, 0) is 13.0 Å². The van der Waals surface area contributed by atoms with E-state index < -0.39 is 0 Å². The van der Waals surface area contributed by atoms with Crippen LogP contribution in [0.15, 0.2) is 6.20 Å². The molecule has 0 aromatic carbocycles. The van der Waals surface area contributed by atoms with Gasteiger partial charge in [-0.15, -0.1) is 0 Å². The number of anilines is 1. The maximum atomic E-state index is 4.52. The Labute approximate surface area is 104 Å². The van der Waals surface area contributed by atoms with E-state index in [0.717, 1.165) is 25.1 Å². The van der Waals surface area contributed by atoms with E-state index in [1.807, 2.05) is 13.2 Å². The fraction of sp³-hybridized carbons (Fsp3) is 0.692. The minimum atomic E-state index is 0.116. The van der Waals surface area contributed by atoms with Crippen LogP contribution in [0.25, 0.3) is 0 Å². The molecule has 1 aromatic rings. The summed E-state index contributed by atoms with van der Waals surface area (Å²) in [5, 5.41) is 6.46. The maximum absolute atomic E-state index is 4.52. The summed E-state index contributed by atoms with van der Waals surface area (Å²) < 4.78 is 0. The zero-order valence-electron chi connectivity index (χ0n) is 11.6. The molecule has 2 N–H and O–H groups in total. The summed E-state index contributed by atoms with van der Waals surface area (Å²) in [5.41, 5.74) is 2.45. The van der Waals surface area contributed by atoms with Gasteiger partial charge in [0.15, 0.2) is 0 Å². The molecular formula is C13H24N4. The lowest BCUT2D eigenvalue weighted by molar-refractivity contribution is 0.422. The zero-order chi connectivity index (χ0) is 12.9. The molecule has 0 aliphatic rings. The molecule has 4 nitrogen and oxygen atoms in total. The molecule has 1 rings (SSSR count). The fourth-order valence-corrected chi connectivity index (χ4v) is 1.52. The van der Waals surface area contributed by atoms with Gasteiger partial charge in [-0.25, -0.2) is 9.97 Å². The van der Waals surface area contributed by atoms with E-state index in [4.69, 9.17) is 0 Å². The minimum Gasteiger partial charge on any atom is -0.357 e. The highest BCUT2D eigenvalue weighted by Gasteiger charge is 2.11. The maximum Gasteiger partial charge on any atom is 0.222 e. The lowest BCUT2D eigenvalue weighted by atomic mass is 10.1. The molecule has 0 bridgehead atoms. The quantitative estimate of drug-likeness (QED) is 0.824. The predicted molar refractivity (Wildman–Crippen MR) is 72.2 cm³/mol. The topological polar surface area (TPSA) is 49.8 Å². The molecule has 0 spiro atoms. The van der Waals surface area contributed by atoms with E-state index in [9.17, 15) is 0 Å². The lowest BCUT2D eigenvalue weighted by Crippen LogP contribution is -2.35. The highest BCUT2D eigenvalue weighted by molar-refractivity contribution is 5.29. The Morgan fingerprint density at radius 3 is 2.53 bits per heavy atom. The summed E-state index contributed by atoms with van der Waals surface area (Å²) in [6.07, 6.45) is 4.02. The van der Waals surface area contributed by atoms with Gasteiger partial charge in [-0.1, -0.05) is 13.3 Å². The van der Waals surface area contributed by atoms with Gasteiger partial charge < -0.3 is 10.6 Å². The predicted octanol–water partition coefficient (Wildman–Crippen LogP) is 2.36. The van der Waals surface area contributed by atoms with Crippen LogP contribution in [0, 0.1) is 0 Å². The molecule has 1 heterocycles. The van der Waals surface area contributed by atoms with Crippen LogP contribution in [0.2, 0.25) is 0 Å². The van der Waals surface area contributed by atoms with Crippen molar-refractivity contribution >= 4 is 5.95 Å². The van der Waals surface area contributed by atoms with Crippen molar-refractivity contribution < 1.29 is 0 Å². The number of hydrogen-bond acceptors (Lipinski definition) is 4. The molecule has 0 fully saturated rings. The molecule has 96 valence electrons. The van der Waals surface area contributed by atoms with Gasteiger partial charge in [0.1, 0.15) is 0 Å². The van der Waals surface area contributed by atoms with Crippen LogP contribution in [0.4, 0.5) is 5.95 Å². The highest BCUT2D eigenvalue weighted by Crippen LogP contribution is 2.11.